The van der Waals surface area contributed by atoms with Crippen LogP contribution in [0, 0.1) is 0 Å². The molecule has 3 aromatic rings. The summed E-state index contributed by atoms with van der Waals surface area (Å²) >= 11 is 6.39. The van der Waals surface area contributed by atoms with Gasteiger partial charge in [-0.3, -0.25) is 4.98 Å². The number of anilines is 1. The second kappa shape index (κ2) is 11.2. The maximum absolute atomic E-state index is 14.5. The Hall–Kier alpha value is -3.83. The highest BCUT2D eigenvalue weighted by molar-refractivity contribution is 6.33. The molecule has 0 radical (unpaired) electrons. The van der Waals surface area contributed by atoms with Gasteiger partial charge in [-0.15, -0.1) is 0 Å². The first-order chi connectivity index (χ1) is 19.5. The van der Waals surface area contributed by atoms with Crippen LogP contribution < -0.4 is 14.4 Å². The molecule has 2 aromatic carbocycles. The average Bonchev–Trinajstić information content (AvgIpc) is 2.96. The van der Waals surface area contributed by atoms with Crippen LogP contribution in [0.3, 0.4) is 0 Å². The quantitative estimate of drug-likeness (QED) is 0.204. The highest BCUT2D eigenvalue weighted by Gasteiger charge is 2.51. The van der Waals surface area contributed by atoms with Crippen molar-refractivity contribution in [3.8, 4) is 11.5 Å². The number of benzene rings is 2. The van der Waals surface area contributed by atoms with Crippen molar-refractivity contribution in [3.63, 3.8) is 0 Å². The second-order valence-corrected chi connectivity index (χ2v) is 10.7. The number of carbonyl (C=O) groups excluding carboxylic acids is 1. The standard InChI is InChI=1S/C29H27ClF3N3O5/c1-36(20-8-13-35(14-9-20)19-6-11-34-12-7-19,27(37)22-16-18(29(31,32)33)2-4-24(22)30)25-10-15-40-26-5-3-21(17-23(25)26)41-28(38)39/h2-7,11-12,16-17,20,25H,8-10,13-15H2,1H3/p+1. The molecule has 41 heavy (non-hydrogen) atoms. The number of hydrogen-bond acceptors (Lipinski definition) is 6. The summed E-state index contributed by atoms with van der Waals surface area (Å²) in [5, 5.41) is 9.08. The predicted molar refractivity (Wildman–Crippen MR) is 144 cm³/mol. The molecule has 8 nitrogen and oxygen atoms in total. The molecule has 1 amide bonds. The topological polar surface area (TPSA) is 89.0 Å². The molecular weight excluding hydrogens is 563 g/mol. The van der Waals surface area contributed by atoms with E-state index >= 15 is 0 Å². The number of carbonyl (C=O) groups is 2. The molecule has 1 N–H and O–H groups in total. The normalized spacial score (nSPS) is 19.0. The van der Waals surface area contributed by atoms with E-state index in [1.165, 1.54) is 12.1 Å². The Bertz CT molecular complexity index is 1450. The van der Waals surface area contributed by atoms with Crippen LogP contribution in [0.2, 0.25) is 5.02 Å². The summed E-state index contributed by atoms with van der Waals surface area (Å²) in [5.74, 6) is -0.0401. The van der Waals surface area contributed by atoms with Crippen molar-refractivity contribution in [1.82, 2.24) is 4.98 Å². The number of aromatic nitrogens is 1. The average molecular weight is 591 g/mol. The molecule has 2 atom stereocenters. The fourth-order valence-corrected chi connectivity index (χ4v) is 6.18. The van der Waals surface area contributed by atoms with Gasteiger partial charge in [-0.25, -0.2) is 14.1 Å². The van der Waals surface area contributed by atoms with E-state index in [9.17, 15) is 22.8 Å². The number of fused-ring (bicyclic) bond motifs is 1. The molecule has 2 aliphatic rings. The van der Waals surface area contributed by atoms with Crippen molar-refractivity contribution in [2.24, 2.45) is 0 Å². The van der Waals surface area contributed by atoms with Gasteiger partial charge >= 0.3 is 18.2 Å². The Morgan fingerprint density at radius 1 is 1.07 bits per heavy atom. The van der Waals surface area contributed by atoms with Gasteiger partial charge in [-0.05, 0) is 48.5 Å². The van der Waals surface area contributed by atoms with Crippen LogP contribution in [-0.2, 0) is 6.18 Å². The third-order valence-corrected chi connectivity index (χ3v) is 8.38. The number of pyridine rings is 1. The van der Waals surface area contributed by atoms with Gasteiger partial charge < -0.3 is 19.5 Å². The molecule has 0 aliphatic carbocycles. The lowest BCUT2D eigenvalue weighted by Crippen LogP contribution is -2.61. The van der Waals surface area contributed by atoms with Crippen molar-refractivity contribution in [1.29, 1.82) is 0 Å². The van der Waals surface area contributed by atoms with E-state index in [2.05, 4.69) is 9.88 Å². The van der Waals surface area contributed by atoms with E-state index in [-0.39, 0.29) is 33.5 Å². The van der Waals surface area contributed by atoms with Gasteiger partial charge in [0.2, 0.25) is 0 Å². The zero-order valence-corrected chi connectivity index (χ0v) is 22.9. The molecule has 2 unspecified atom stereocenters. The van der Waals surface area contributed by atoms with E-state index in [4.69, 9.17) is 26.2 Å². The third kappa shape index (κ3) is 5.69. The Kier molecular flexibility index (Phi) is 7.85. The predicted octanol–water partition coefficient (Wildman–Crippen LogP) is 6.59. The lowest BCUT2D eigenvalue weighted by Gasteiger charge is -2.49. The zero-order chi connectivity index (χ0) is 29.4. The minimum Gasteiger partial charge on any atom is -0.493 e. The summed E-state index contributed by atoms with van der Waals surface area (Å²) in [5.41, 5.74) is 0.359. The second-order valence-electron chi connectivity index (χ2n) is 10.3. The van der Waals surface area contributed by atoms with E-state index < -0.39 is 29.8 Å². The van der Waals surface area contributed by atoms with Crippen molar-refractivity contribution < 1.29 is 41.8 Å². The molecule has 5 rings (SSSR count). The minimum atomic E-state index is -4.66. The molecule has 0 saturated carbocycles. The minimum absolute atomic E-state index is 0.0513. The van der Waals surface area contributed by atoms with Crippen LogP contribution in [0.5, 0.6) is 11.5 Å². The molecule has 3 heterocycles. The van der Waals surface area contributed by atoms with Crippen molar-refractivity contribution in [2.45, 2.75) is 37.5 Å². The smallest absolute Gasteiger partial charge is 0.493 e. The molecule has 0 spiro atoms. The Labute approximate surface area is 239 Å². The van der Waals surface area contributed by atoms with Crippen LogP contribution in [0.4, 0.5) is 23.7 Å². The van der Waals surface area contributed by atoms with Gasteiger partial charge in [-0.1, -0.05) is 11.6 Å². The van der Waals surface area contributed by atoms with Gasteiger partial charge in [-0.2, -0.15) is 13.2 Å². The molecule has 2 aliphatic heterocycles. The molecule has 1 aromatic heterocycles. The summed E-state index contributed by atoms with van der Waals surface area (Å²) < 4.78 is 51.5. The highest BCUT2D eigenvalue weighted by Crippen LogP contribution is 2.46. The summed E-state index contributed by atoms with van der Waals surface area (Å²) in [6, 6.07) is 10.3. The number of quaternary nitrogens is 1. The van der Waals surface area contributed by atoms with Crippen LogP contribution in [0.15, 0.2) is 60.9 Å². The maximum atomic E-state index is 14.5. The number of piperidine rings is 1. The molecule has 1 fully saturated rings. The fourth-order valence-electron chi connectivity index (χ4n) is 5.98. The zero-order valence-electron chi connectivity index (χ0n) is 22.1. The van der Waals surface area contributed by atoms with E-state index in [0.29, 0.717) is 43.7 Å². The van der Waals surface area contributed by atoms with Crippen LogP contribution in [0.1, 0.15) is 46.8 Å². The highest BCUT2D eigenvalue weighted by atomic mass is 35.5. The van der Waals surface area contributed by atoms with E-state index in [1.54, 1.807) is 25.5 Å². The lowest BCUT2D eigenvalue weighted by atomic mass is 9.89. The monoisotopic (exact) mass is 590 g/mol. The molecular formula is C29H28ClF3N3O5+. The maximum Gasteiger partial charge on any atom is 0.511 e. The van der Waals surface area contributed by atoms with Gasteiger partial charge in [0.05, 0.1) is 41.4 Å². The lowest BCUT2D eigenvalue weighted by molar-refractivity contribution is -0.888. The third-order valence-electron chi connectivity index (χ3n) is 8.05. The van der Waals surface area contributed by atoms with Gasteiger partial charge in [0.15, 0.2) is 0 Å². The first-order valence-electron chi connectivity index (χ1n) is 13.1. The number of rotatable bonds is 5. The van der Waals surface area contributed by atoms with Crippen molar-refractivity contribution in [3.05, 3.63) is 82.6 Å². The molecule has 216 valence electrons. The summed E-state index contributed by atoms with van der Waals surface area (Å²) in [6.07, 6.45) is -1.24. The van der Waals surface area contributed by atoms with Crippen molar-refractivity contribution in [2.75, 3.05) is 31.6 Å². The molecule has 0 bridgehead atoms. The van der Waals surface area contributed by atoms with Crippen molar-refractivity contribution >= 4 is 29.4 Å². The Morgan fingerprint density at radius 2 is 1.78 bits per heavy atom. The number of ether oxygens (including phenoxy) is 2. The molecule has 1 saturated heterocycles. The van der Waals surface area contributed by atoms with Crippen LogP contribution >= 0.6 is 11.6 Å². The molecule has 12 heteroatoms. The Morgan fingerprint density at radius 3 is 2.44 bits per heavy atom. The number of amides is 1. The fraction of sp³-hybridized carbons (Fsp3) is 0.345. The summed E-state index contributed by atoms with van der Waals surface area (Å²) in [4.78, 5) is 32.0. The largest absolute Gasteiger partial charge is 0.511 e. The number of hydrogen-bond donors (Lipinski definition) is 1. The van der Waals surface area contributed by atoms with Crippen LogP contribution in [0.25, 0.3) is 0 Å². The summed E-state index contributed by atoms with van der Waals surface area (Å²) in [6.45, 7) is 1.50. The van der Waals surface area contributed by atoms with Crippen LogP contribution in [-0.4, -0.2) is 59.4 Å². The van der Waals surface area contributed by atoms with E-state index in [1.807, 2.05) is 12.1 Å². The first-order valence-corrected chi connectivity index (χ1v) is 13.5. The van der Waals surface area contributed by atoms with Gasteiger partial charge in [0, 0.05) is 50.4 Å². The summed E-state index contributed by atoms with van der Waals surface area (Å²) in [7, 11) is 1.73. The SMILES string of the molecule is C[N+](C(=O)c1cc(C(F)(F)F)ccc1Cl)(C1CCN(c2ccncc2)CC1)C1CCOc2ccc(OC(=O)O)cc21. The first kappa shape index (κ1) is 28.7. The number of halogens is 4. The van der Waals surface area contributed by atoms with Gasteiger partial charge in [0.1, 0.15) is 17.5 Å². The number of alkyl halides is 3. The number of nitrogens with zero attached hydrogens (tertiary/aromatic N) is 3. The number of carboxylic acid groups (broad SMARTS) is 1. The Balaban J connectivity index is 1.58. The van der Waals surface area contributed by atoms with E-state index in [0.717, 1.165) is 23.9 Å². The van der Waals surface area contributed by atoms with Gasteiger partial charge in [0.25, 0.3) is 0 Å².